The van der Waals surface area contributed by atoms with Crippen molar-refractivity contribution in [3.63, 3.8) is 0 Å². The van der Waals surface area contributed by atoms with E-state index < -0.39 is 11.0 Å². The van der Waals surface area contributed by atoms with Gasteiger partial charge in [0.05, 0.1) is 29.9 Å². The van der Waals surface area contributed by atoms with Crippen LogP contribution in [0.1, 0.15) is 44.0 Å². The second-order valence-electron chi connectivity index (χ2n) is 9.09. The van der Waals surface area contributed by atoms with Gasteiger partial charge in [0.25, 0.3) is 0 Å². The largest absolute Gasteiger partial charge is 0.496 e. The van der Waals surface area contributed by atoms with Gasteiger partial charge in [0, 0.05) is 19.0 Å². The van der Waals surface area contributed by atoms with E-state index in [4.69, 9.17) is 9.15 Å². The summed E-state index contributed by atoms with van der Waals surface area (Å²) < 4.78 is 13.5. The van der Waals surface area contributed by atoms with E-state index in [2.05, 4.69) is 31.9 Å². The lowest BCUT2D eigenvalue weighted by molar-refractivity contribution is -0.00454. The quantitative estimate of drug-likeness (QED) is 0.477. The first-order valence-corrected chi connectivity index (χ1v) is 11.2. The summed E-state index contributed by atoms with van der Waals surface area (Å²) in [7, 11) is 1.64. The van der Waals surface area contributed by atoms with Crippen LogP contribution in [0.3, 0.4) is 0 Å². The molecule has 1 unspecified atom stereocenters. The zero-order valence-electron chi connectivity index (χ0n) is 19.4. The lowest BCUT2D eigenvalue weighted by atomic mass is 9.64. The van der Waals surface area contributed by atoms with E-state index in [0.717, 1.165) is 47.7 Å². The highest BCUT2D eigenvalue weighted by Crippen LogP contribution is 2.48. The fourth-order valence-electron chi connectivity index (χ4n) is 5.11. The number of methoxy groups -OCH3 is 1. The van der Waals surface area contributed by atoms with Gasteiger partial charge in [-0.25, -0.2) is 4.98 Å². The molecule has 0 bridgehead atoms. The van der Waals surface area contributed by atoms with Crippen LogP contribution in [0.5, 0.6) is 5.75 Å². The molecule has 4 aromatic rings. The Hall–Kier alpha value is -3.45. The summed E-state index contributed by atoms with van der Waals surface area (Å²) >= 11 is 0. The van der Waals surface area contributed by atoms with Crippen molar-refractivity contribution in [3.05, 3.63) is 72.0 Å². The minimum Gasteiger partial charge on any atom is -0.496 e. The highest BCUT2D eigenvalue weighted by Gasteiger charge is 2.52. The zero-order valence-corrected chi connectivity index (χ0v) is 19.4. The average Bonchev–Trinajstić information content (AvgIpc) is 3.44. The van der Waals surface area contributed by atoms with Crippen LogP contribution in [0.4, 0.5) is 0 Å². The van der Waals surface area contributed by atoms with Crippen molar-refractivity contribution in [3.8, 4) is 28.5 Å². The Morgan fingerprint density at radius 2 is 1.91 bits per heavy atom. The van der Waals surface area contributed by atoms with E-state index in [-0.39, 0.29) is 0 Å². The van der Waals surface area contributed by atoms with E-state index in [1.54, 1.807) is 13.3 Å². The number of aryl methyl sites for hydroxylation is 1. The summed E-state index contributed by atoms with van der Waals surface area (Å²) in [6.45, 7) is 6.32. The lowest BCUT2D eigenvalue weighted by Crippen LogP contribution is -2.52. The number of fused-ring (bicyclic) bond motifs is 1. The third-order valence-corrected chi connectivity index (χ3v) is 6.72. The van der Waals surface area contributed by atoms with Crippen LogP contribution in [0.25, 0.3) is 22.7 Å². The Kier molecular flexibility index (Phi) is 5.09. The Balaban J connectivity index is 1.64. The van der Waals surface area contributed by atoms with Crippen molar-refractivity contribution in [1.82, 2.24) is 19.7 Å². The second-order valence-corrected chi connectivity index (χ2v) is 9.09. The fourth-order valence-corrected chi connectivity index (χ4v) is 5.11. The van der Waals surface area contributed by atoms with Gasteiger partial charge in [-0.05, 0) is 44.4 Å². The molecule has 170 valence electrons. The van der Waals surface area contributed by atoms with Crippen LogP contribution in [-0.2, 0) is 12.0 Å². The van der Waals surface area contributed by atoms with Crippen molar-refractivity contribution >= 4 is 0 Å². The Morgan fingerprint density at radius 1 is 1.12 bits per heavy atom. The summed E-state index contributed by atoms with van der Waals surface area (Å²) in [5, 5.41) is 20.6. The maximum Gasteiger partial charge on any atom is 0.191 e. The summed E-state index contributed by atoms with van der Waals surface area (Å²) in [4.78, 5) is 4.19. The van der Waals surface area contributed by atoms with Gasteiger partial charge in [-0.2, -0.15) is 0 Å². The molecule has 0 radical (unpaired) electrons. The molecule has 2 aromatic heterocycles. The number of hydrogen-bond donors (Lipinski definition) is 1. The summed E-state index contributed by atoms with van der Waals surface area (Å²) in [5.41, 5.74) is 1.09. The standard InChI is InChI=1S/C26H28N4O3/c1-17-27-16-22(33-17)20-12-11-18(15-21(20)32-4)23-28-29-24-26(25(2,3)31,13-8-14-30(23)24)19-9-6-5-7-10-19/h5-7,9-12,15-16,31H,8,13-14H2,1-4H3. The number of aromatic nitrogens is 4. The first kappa shape index (κ1) is 21.4. The third kappa shape index (κ3) is 3.35. The molecule has 0 aliphatic carbocycles. The molecule has 3 heterocycles. The molecule has 7 heteroatoms. The molecule has 0 amide bonds. The van der Waals surface area contributed by atoms with Crippen LogP contribution in [-0.4, -0.2) is 37.6 Å². The molecule has 1 aliphatic rings. The monoisotopic (exact) mass is 444 g/mol. The van der Waals surface area contributed by atoms with Crippen LogP contribution < -0.4 is 4.74 Å². The topological polar surface area (TPSA) is 86.2 Å². The molecular formula is C26H28N4O3. The van der Waals surface area contributed by atoms with Crippen LogP contribution in [0.15, 0.2) is 59.1 Å². The summed E-state index contributed by atoms with van der Waals surface area (Å²) in [5.74, 6) is 3.48. The van der Waals surface area contributed by atoms with Gasteiger partial charge in [0.2, 0.25) is 0 Å². The van der Waals surface area contributed by atoms with Crippen molar-refractivity contribution in [1.29, 1.82) is 0 Å². The van der Waals surface area contributed by atoms with Crippen LogP contribution in [0.2, 0.25) is 0 Å². The molecule has 1 aliphatic heterocycles. The van der Waals surface area contributed by atoms with Crippen molar-refractivity contribution in [2.24, 2.45) is 0 Å². The van der Waals surface area contributed by atoms with Gasteiger partial charge < -0.3 is 18.8 Å². The minimum absolute atomic E-state index is 0.603. The lowest BCUT2D eigenvalue weighted by Gasteiger charge is -2.45. The molecule has 0 spiro atoms. The minimum atomic E-state index is -1.03. The number of aliphatic hydroxyl groups is 1. The number of ether oxygens (including phenoxy) is 1. The second kappa shape index (κ2) is 7.85. The van der Waals surface area contributed by atoms with Crippen molar-refractivity contribution in [2.45, 2.75) is 51.2 Å². The van der Waals surface area contributed by atoms with Crippen LogP contribution >= 0.6 is 0 Å². The van der Waals surface area contributed by atoms with E-state index >= 15 is 0 Å². The first-order chi connectivity index (χ1) is 15.8. The van der Waals surface area contributed by atoms with E-state index in [0.29, 0.717) is 17.4 Å². The van der Waals surface area contributed by atoms with Gasteiger partial charge in [0.15, 0.2) is 17.5 Å². The van der Waals surface area contributed by atoms with Gasteiger partial charge in [-0.15, -0.1) is 10.2 Å². The third-order valence-electron chi connectivity index (χ3n) is 6.72. The fraction of sp³-hybridized carbons (Fsp3) is 0.346. The molecule has 2 aromatic carbocycles. The summed E-state index contributed by atoms with van der Waals surface area (Å²) in [6.07, 6.45) is 3.40. The molecule has 1 N–H and O–H groups in total. The van der Waals surface area contributed by atoms with Gasteiger partial charge >= 0.3 is 0 Å². The molecule has 1 atom stereocenters. The normalized spacial score (nSPS) is 18.2. The maximum absolute atomic E-state index is 11.4. The molecule has 5 rings (SSSR count). The highest BCUT2D eigenvalue weighted by atomic mass is 16.5. The predicted molar refractivity (Wildman–Crippen MR) is 125 cm³/mol. The molecule has 0 saturated carbocycles. The Bertz CT molecular complexity index is 1290. The molecular weight excluding hydrogens is 416 g/mol. The first-order valence-electron chi connectivity index (χ1n) is 11.2. The Morgan fingerprint density at radius 3 is 2.58 bits per heavy atom. The zero-order chi connectivity index (χ0) is 23.2. The molecule has 0 saturated heterocycles. The Labute approximate surface area is 193 Å². The maximum atomic E-state index is 11.4. The predicted octanol–water partition coefficient (Wildman–Crippen LogP) is 4.77. The number of nitrogens with zero attached hydrogens (tertiary/aromatic N) is 4. The number of oxazole rings is 1. The molecule has 0 fully saturated rings. The van der Waals surface area contributed by atoms with E-state index in [1.807, 2.05) is 57.2 Å². The van der Waals surface area contributed by atoms with Gasteiger partial charge in [0.1, 0.15) is 11.6 Å². The number of rotatable bonds is 5. The van der Waals surface area contributed by atoms with Crippen molar-refractivity contribution < 1.29 is 14.3 Å². The van der Waals surface area contributed by atoms with Gasteiger partial charge in [-0.1, -0.05) is 36.4 Å². The number of benzene rings is 2. The van der Waals surface area contributed by atoms with Crippen molar-refractivity contribution in [2.75, 3.05) is 7.11 Å². The van der Waals surface area contributed by atoms with E-state index in [1.165, 1.54) is 0 Å². The highest BCUT2D eigenvalue weighted by molar-refractivity contribution is 5.71. The van der Waals surface area contributed by atoms with E-state index in [9.17, 15) is 5.11 Å². The summed E-state index contributed by atoms with van der Waals surface area (Å²) in [6, 6.07) is 16.0. The smallest absolute Gasteiger partial charge is 0.191 e. The number of hydrogen-bond acceptors (Lipinski definition) is 6. The molecule has 33 heavy (non-hydrogen) atoms. The molecule has 7 nitrogen and oxygen atoms in total. The van der Waals surface area contributed by atoms with Gasteiger partial charge in [-0.3, -0.25) is 0 Å². The average molecular weight is 445 g/mol. The van der Waals surface area contributed by atoms with Crippen LogP contribution in [0, 0.1) is 6.92 Å². The SMILES string of the molecule is COc1cc(-c2nnc3n2CCCC3(c2ccccc2)C(C)(C)O)ccc1-c1cnc(C)o1.